The largest absolute Gasteiger partial charge is 0.325 e. The molecular weight excluding hydrogens is 380 g/mol. The van der Waals surface area contributed by atoms with Crippen LogP contribution in [0.1, 0.15) is 29.2 Å². The monoisotopic (exact) mass is 410 g/mol. The Kier molecular flexibility index (Phi) is 7.72. The van der Waals surface area contributed by atoms with Crippen LogP contribution in [0.15, 0.2) is 36.4 Å². The van der Waals surface area contributed by atoms with Crippen molar-refractivity contribution in [1.29, 1.82) is 0 Å². The van der Waals surface area contributed by atoms with Crippen LogP contribution >= 0.6 is 0 Å². The number of nitrogens with zero attached hydrogens (tertiary/aromatic N) is 1. The van der Waals surface area contributed by atoms with Gasteiger partial charge in [-0.1, -0.05) is 35.9 Å². The molecule has 0 fully saturated rings. The van der Waals surface area contributed by atoms with Crippen LogP contribution in [-0.4, -0.2) is 42.4 Å². The Morgan fingerprint density at radius 2 is 1.57 bits per heavy atom. The zero-order chi connectivity index (χ0) is 22.4. The number of benzene rings is 2. The summed E-state index contributed by atoms with van der Waals surface area (Å²) in [5.41, 5.74) is 5.36. The molecule has 0 aliphatic rings. The Hall–Kier alpha value is -3.19. The van der Waals surface area contributed by atoms with E-state index < -0.39 is 18.0 Å². The predicted molar refractivity (Wildman–Crippen MR) is 120 cm³/mol. The molecule has 2 aromatic rings. The molecule has 2 rings (SSSR count). The second-order valence-corrected chi connectivity index (χ2v) is 7.67. The summed E-state index contributed by atoms with van der Waals surface area (Å²) in [5.74, 6) is -0.714. The highest BCUT2D eigenvalue weighted by atomic mass is 16.2. The summed E-state index contributed by atoms with van der Waals surface area (Å²) >= 11 is 0. The minimum absolute atomic E-state index is 0.0149. The third kappa shape index (κ3) is 6.15. The molecule has 0 aliphatic carbocycles. The van der Waals surface area contributed by atoms with Crippen molar-refractivity contribution in [3.05, 3.63) is 58.7 Å². The van der Waals surface area contributed by atoms with Crippen molar-refractivity contribution >= 4 is 29.2 Å². The molecule has 4 amide bonds. The van der Waals surface area contributed by atoms with E-state index in [1.807, 2.05) is 58.0 Å². The number of para-hydroxylation sites is 1. The molecule has 3 N–H and O–H groups in total. The number of hydrogen-bond donors (Lipinski definition) is 3. The van der Waals surface area contributed by atoms with E-state index in [1.54, 1.807) is 24.9 Å². The maximum absolute atomic E-state index is 12.4. The van der Waals surface area contributed by atoms with Crippen molar-refractivity contribution in [3.8, 4) is 0 Å². The molecule has 0 saturated carbocycles. The summed E-state index contributed by atoms with van der Waals surface area (Å²) < 4.78 is 0. The first-order valence-electron chi connectivity index (χ1n) is 9.84. The standard InChI is InChI=1S/C23H30N4O3/c1-14-10-11-19(17(4)12-14)24-23(30)26-22(29)18(5)27(6)13-20(28)25-21-15(2)8-7-9-16(21)3/h7-12,18H,13H2,1-6H3,(H,25,28)(H2,24,26,29,30)/t18-/m0/s1. The van der Waals surface area contributed by atoms with Crippen LogP contribution in [0, 0.1) is 27.7 Å². The van der Waals surface area contributed by atoms with E-state index in [9.17, 15) is 14.4 Å². The van der Waals surface area contributed by atoms with Gasteiger partial charge in [-0.15, -0.1) is 0 Å². The summed E-state index contributed by atoms with van der Waals surface area (Å²) in [6.07, 6.45) is 0. The first-order valence-corrected chi connectivity index (χ1v) is 9.84. The number of carbonyl (C=O) groups is 3. The molecule has 0 radical (unpaired) electrons. The second-order valence-electron chi connectivity index (χ2n) is 7.67. The van der Waals surface area contributed by atoms with Gasteiger partial charge in [-0.05, 0) is 64.4 Å². The Balaban J connectivity index is 1.90. The SMILES string of the molecule is Cc1ccc(NC(=O)NC(=O)[C@H](C)N(C)CC(=O)Nc2c(C)cccc2C)c(C)c1. The van der Waals surface area contributed by atoms with Crippen molar-refractivity contribution in [2.75, 3.05) is 24.2 Å². The molecule has 160 valence electrons. The summed E-state index contributed by atoms with van der Waals surface area (Å²) in [4.78, 5) is 38.6. The summed E-state index contributed by atoms with van der Waals surface area (Å²) in [6.45, 7) is 9.37. The van der Waals surface area contributed by atoms with E-state index in [-0.39, 0.29) is 12.5 Å². The molecule has 0 heterocycles. The lowest BCUT2D eigenvalue weighted by atomic mass is 10.1. The first kappa shape index (κ1) is 23.1. The number of hydrogen-bond acceptors (Lipinski definition) is 4. The zero-order valence-corrected chi connectivity index (χ0v) is 18.4. The number of aryl methyl sites for hydroxylation is 4. The molecule has 1 atom stereocenters. The fraction of sp³-hybridized carbons (Fsp3) is 0.348. The van der Waals surface area contributed by atoms with Crippen molar-refractivity contribution in [2.24, 2.45) is 0 Å². The van der Waals surface area contributed by atoms with Gasteiger partial charge in [0, 0.05) is 11.4 Å². The lowest BCUT2D eigenvalue weighted by molar-refractivity contribution is -0.125. The molecule has 0 bridgehead atoms. The van der Waals surface area contributed by atoms with Gasteiger partial charge in [0.2, 0.25) is 11.8 Å². The molecule has 0 spiro atoms. The molecule has 0 saturated heterocycles. The Labute approximate surface area is 177 Å². The van der Waals surface area contributed by atoms with E-state index in [4.69, 9.17) is 0 Å². The Morgan fingerprint density at radius 3 is 2.17 bits per heavy atom. The van der Waals surface area contributed by atoms with E-state index in [0.717, 1.165) is 27.9 Å². The summed E-state index contributed by atoms with van der Waals surface area (Å²) in [7, 11) is 1.66. The third-order valence-electron chi connectivity index (χ3n) is 5.05. The van der Waals surface area contributed by atoms with Gasteiger partial charge in [-0.3, -0.25) is 19.8 Å². The maximum atomic E-state index is 12.4. The number of carbonyl (C=O) groups excluding carboxylic acids is 3. The van der Waals surface area contributed by atoms with E-state index >= 15 is 0 Å². The quantitative estimate of drug-likeness (QED) is 0.680. The van der Waals surface area contributed by atoms with Gasteiger partial charge in [0.15, 0.2) is 0 Å². The van der Waals surface area contributed by atoms with Crippen molar-refractivity contribution in [2.45, 2.75) is 40.7 Å². The van der Waals surface area contributed by atoms with Crippen LogP contribution in [0.2, 0.25) is 0 Å². The number of likely N-dealkylation sites (N-methyl/N-ethyl adjacent to an activating group) is 1. The highest BCUT2D eigenvalue weighted by Crippen LogP contribution is 2.19. The van der Waals surface area contributed by atoms with Gasteiger partial charge in [-0.2, -0.15) is 0 Å². The molecule has 0 aromatic heterocycles. The normalized spacial score (nSPS) is 11.7. The van der Waals surface area contributed by atoms with E-state index in [0.29, 0.717) is 5.69 Å². The van der Waals surface area contributed by atoms with Crippen LogP contribution in [-0.2, 0) is 9.59 Å². The van der Waals surface area contributed by atoms with Crippen LogP contribution in [0.3, 0.4) is 0 Å². The fourth-order valence-electron chi connectivity index (χ4n) is 3.08. The van der Waals surface area contributed by atoms with Gasteiger partial charge < -0.3 is 10.6 Å². The molecule has 30 heavy (non-hydrogen) atoms. The van der Waals surface area contributed by atoms with Gasteiger partial charge in [0.1, 0.15) is 0 Å². The van der Waals surface area contributed by atoms with Gasteiger partial charge in [0.05, 0.1) is 12.6 Å². The number of rotatable bonds is 6. The fourth-order valence-corrected chi connectivity index (χ4v) is 3.08. The summed E-state index contributed by atoms with van der Waals surface area (Å²) in [6, 6.07) is 10.1. The van der Waals surface area contributed by atoms with Crippen LogP contribution < -0.4 is 16.0 Å². The first-order chi connectivity index (χ1) is 14.1. The zero-order valence-electron chi connectivity index (χ0n) is 18.4. The number of imide groups is 1. The topological polar surface area (TPSA) is 90.5 Å². The molecule has 2 aromatic carbocycles. The number of anilines is 2. The lowest BCUT2D eigenvalue weighted by Crippen LogP contribution is -2.48. The van der Waals surface area contributed by atoms with Gasteiger partial charge in [-0.25, -0.2) is 4.79 Å². The minimum atomic E-state index is -0.668. The average Bonchev–Trinajstić information content (AvgIpc) is 2.66. The van der Waals surface area contributed by atoms with Gasteiger partial charge >= 0.3 is 6.03 Å². The Morgan fingerprint density at radius 1 is 0.933 bits per heavy atom. The van der Waals surface area contributed by atoms with Crippen molar-refractivity contribution in [1.82, 2.24) is 10.2 Å². The molecule has 7 nitrogen and oxygen atoms in total. The molecule has 7 heteroatoms. The third-order valence-corrected chi connectivity index (χ3v) is 5.05. The Bertz CT molecular complexity index is 935. The lowest BCUT2D eigenvalue weighted by Gasteiger charge is -2.23. The van der Waals surface area contributed by atoms with Crippen LogP contribution in [0.25, 0.3) is 0 Å². The highest BCUT2D eigenvalue weighted by Gasteiger charge is 2.22. The van der Waals surface area contributed by atoms with E-state index in [1.165, 1.54) is 0 Å². The minimum Gasteiger partial charge on any atom is -0.324 e. The number of amides is 4. The van der Waals surface area contributed by atoms with Gasteiger partial charge in [0.25, 0.3) is 0 Å². The molecule has 0 aliphatic heterocycles. The smallest absolute Gasteiger partial charge is 0.324 e. The second kappa shape index (κ2) is 10.0. The summed E-state index contributed by atoms with van der Waals surface area (Å²) in [5, 5.41) is 7.90. The highest BCUT2D eigenvalue weighted by molar-refractivity contribution is 6.03. The van der Waals surface area contributed by atoms with Crippen molar-refractivity contribution < 1.29 is 14.4 Å². The molecule has 0 unspecified atom stereocenters. The van der Waals surface area contributed by atoms with Crippen molar-refractivity contribution in [3.63, 3.8) is 0 Å². The number of nitrogens with one attached hydrogen (secondary N) is 3. The van der Waals surface area contributed by atoms with Crippen LogP contribution in [0.5, 0.6) is 0 Å². The number of urea groups is 1. The van der Waals surface area contributed by atoms with E-state index in [2.05, 4.69) is 16.0 Å². The average molecular weight is 411 g/mol. The maximum Gasteiger partial charge on any atom is 0.325 e. The predicted octanol–water partition coefficient (Wildman–Crippen LogP) is 3.53. The van der Waals surface area contributed by atoms with Crippen LogP contribution in [0.4, 0.5) is 16.2 Å². The molecular formula is C23H30N4O3.